The Morgan fingerprint density at radius 3 is 1.77 bits per heavy atom. The van der Waals surface area contributed by atoms with E-state index in [1.807, 2.05) is 48.5 Å². The summed E-state index contributed by atoms with van der Waals surface area (Å²) >= 11 is 0. The van der Waals surface area contributed by atoms with Crippen LogP contribution in [0.5, 0.6) is 0 Å². The third-order valence-corrected chi connectivity index (χ3v) is 6.03. The van der Waals surface area contributed by atoms with Gasteiger partial charge in [-0.1, -0.05) is 42.3 Å². The molecular weight excluding hydrogens is 340 g/mol. The molecule has 26 heavy (non-hydrogen) atoms. The molecule has 0 bridgehead atoms. The van der Waals surface area contributed by atoms with Crippen molar-refractivity contribution in [2.45, 2.75) is 27.7 Å². The molecule has 0 spiro atoms. The second-order valence-electron chi connectivity index (χ2n) is 5.67. The standard InChI is InChI=1S/C23H19O2S/c1-3-18(2)25-23(24)19-14-16-22(17-15-19)26(20-10-6-4-7-11-20)21-12-8-5-9-13-21/h1,4-18H,2H3/q+1. The molecule has 0 aliphatic heterocycles. The summed E-state index contributed by atoms with van der Waals surface area (Å²) in [6.45, 7) is 1.68. The molecule has 0 aromatic heterocycles. The van der Waals surface area contributed by atoms with E-state index >= 15 is 0 Å². The van der Waals surface area contributed by atoms with Gasteiger partial charge in [0, 0.05) is 0 Å². The first-order valence-corrected chi connectivity index (χ1v) is 9.53. The average Bonchev–Trinajstić information content (AvgIpc) is 2.70. The second-order valence-corrected chi connectivity index (χ2v) is 7.70. The van der Waals surface area contributed by atoms with Crippen molar-refractivity contribution in [3.63, 3.8) is 0 Å². The monoisotopic (exact) mass is 359 g/mol. The minimum Gasteiger partial charge on any atom is -0.446 e. The fourth-order valence-electron chi connectivity index (χ4n) is 2.51. The van der Waals surface area contributed by atoms with Crippen LogP contribution in [-0.4, -0.2) is 12.1 Å². The van der Waals surface area contributed by atoms with Crippen LogP contribution in [0.1, 0.15) is 17.3 Å². The summed E-state index contributed by atoms with van der Waals surface area (Å²) in [5.74, 6) is 1.99. The van der Waals surface area contributed by atoms with E-state index in [9.17, 15) is 4.79 Å². The van der Waals surface area contributed by atoms with E-state index in [1.54, 1.807) is 19.1 Å². The van der Waals surface area contributed by atoms with Crippen LogP contribution < -0.4 is 0 Å². The summed E-state index contributed by atoms with van der Waals surface area (Å²) in [5, 5.41) is 0. The van der Waals surface area contributed by atoms with Crippen molar-refractivity contribution < 1.29 is 9.53 Å². The van der Waals surface area contributed by atoms with E-state index in [0.29, 0.717) is 5.56 Å². The van der Waals surface area contributed by atoms with E-state index in [-0.39, 0.29) is 10.9 Å². The highest BCUT2D eigenvalue weighted by molar-refractivity contribution is 7.97. The molecule has 1 atom stereocenters. The second kappa shape index (κ2) is 8.42. The molecule has 3 rings (SSSR count). The van der Waals surface area contributed by atoms with Crippen molar-refractivity contribution in [2.75, 3.05) is 0 Å². The molecule has 0 heterocycles. The Balaban J connectivity index is 1.93. The third-order valence-electron chi connectivity index (χ3n) is 3.80. The predicted octanol–water partition coefficient (Wildman–Crippen LogP) is 4.96. The third kappa shape index (κ3) is 4.17. The van der Waals surface area contributed by atoms with E-state index < -0.39 is 12.1 Å². The first kappa shape index (κ1) is 17.8. The van der Waals surface area contributed by atoms with Gasteiger partial charge in [-0.3, -0.25) is 0 Å². The van der Waals surface area contributed by atoms with Gasteiger partial charge in [-0.25, -0.2) is 4.79 Å². The Morgan fingerprint density at radius 1 is 0.846 bits per heavy atom. The molecule has 0 amide bonds. The van der Waals surface area contributed by atoms with Crippen LogP contribution in [0.25, 0.3) is 0 Å². The zero-order valence-electron chi connectivity index (χ0n) is 14.5. The maximum atomic E-state index is 12.1. The van der Waals surface area contributed by atoms with Crippen molar-refractivity contribution in [3.8, 4) is 12.3 Å². The Hall–Kier alpha value is -2.96. The van der Waals surface area contributed by atoms with E-state index in [1.165, 1.54) is 9.79 Å². The van der Waals surface area contributed by atoms with Crippen LogP contribution in [0.4, 0.5) is 0 Å². The number of ether oxygens (including phenoxy) is 1. The number of rotatable bonds is 5. The quantitative estimate of drug-likeness (QED) is 0.366. The smallest absolute Gasteiger partial charge is 0.339 e. The van der Waals surface area contributed by atoms with Gasteiger partial charge in [0.05, 0.1) is 16.5 Å². The van der Waals surface area contributed by atoms with Gasteiger partial charge in [-0.15, -0.1) is 6.42 Å². The van der Waals surface area contributed by atoms with Crippen LogP contribution in [0.2, 0.25) is 0 Å². The first-order valence-electron chi connectivity index (χ1n) is 8.30. The van der Waals surface area contributed by atoms with Crippen molar-refractivity contribution in [2.24, 2.45) is 0 Å². The lowest BCUT2D eigenvalue weighted by molar-refractivity contribution is 0.0438. The lowest BCUT2D eigenvalue weighted by Crippen LogP contribution is -2.13. The molecule has 128 valence electrons. The van der Waals surface area contributed by atoms with Gasteiger partial charge in [0.25, 0.3) is 0 Å². The summed E-state index contributed by atoms with van der Waals surface area (Å²) in [7, 11) is -0.233. The zero-order chi connectivity index (χ0) is 18.4. The minimum atomic E-state index is -0.537. The summed E-state index contributed by atoms with van der Waals surface area (Å²) in [4.78, 5) is 15.7. The number of hydrogen-bond acceptors (Lipinski definition) is 2. The number of esters is 1. The van der Waals surface area contributed by atoms with Gasteiger partial charge in [-0.05, 0) is 55.5 Å². The highest BCUT2D eigenvalue weighted by atomic mass is 32.2. The molecule has 3 aromatic rings. The van der Waals surface area contributed by atoms with Crippen LogP contribution in [0.15, 0.2) is 99.6 Å². The minimum absolute atomic E-state index is 0.233. The molecule has 3 aromatic carbocycles. The number of carbonyl (C=O) groups excluding carboxylic acids is 1. The van der Waals surface area contributed by atoms with Crippen molar-refractivity contribution in [1.82, 2.24) is 0 Å². The normalized spacial score (nSPS) is 11.6. The maximum Gasteiger partial charge on any atom is 0.339 e. The Kier molecular flexibility index (Phi) is 5.78. The van der Waals surface area contributed by atoms with E-state index in [4.69, 9.17) is 11.2 Å². The molecule has 0 fully saturated rings. The molecule has 0 saturated heterocycles. The Labute approximate surface area is 157 Å². The molecule has 0 saturated carbocycles. The van der Waals surface area contributed by atoms with Crippen molar-refractivity contribution in [1.29, 1.82) is 0 Å². The molecule has 0 radical (unpaired) electrons. The fraction of sp³-hybridized carbons (Fsp3) is 0.0870. The maximum absolute atomic E-state index is 12.1. The highest BCUT2D eigenvalue weighted by Crippen LogP contribution is 2.31. The van der Waals surface area contributed by atoms with Crippen molar-refractivity contribution in [3.05, 3.63) is 90.5 Å². The Bertz CT molecular complexity index is 857. The molecule has 0 aliphatic carbocycles. The van der Waals surface area contributed by atoms with Gasteiger partial charge in [0.2, 0.25) is 0 Å². The molecule has 0 N–H and O–H groups in total. The number of terminal acetylenes is 1. The van der Waals surface area contributed by atoms with Crippen LogP contribution in [-0.2, 0) is 15.6 Å². The molecule has 3 heteroatoms. The summed E-state index contributed by atoms with van der Waals surface area (Å²) in [6, 6.07) is 28.3. The summed E-state index contributed by atoms with van der Waals surface area (Å²) in [5.41, 5.74) is 0.500. The molecule has 1 unspecified atom stereocenters. The lowest BCUT2D eigenvalue weighted by atomic mass is 10.2. The largest absolute Gasteiger partial charge is 0.446 e. The van der Waals surface area contributed by atoms with Gasteiger partial charge in [0.15, 0.2) is 20.8 Å². The van der Waals surface area contributed by atoms with E-state index in [2.05, 4.69) is 30.2 Å². The predicted molar refractivity (Wildman–Crippen MR) is 105 cm³/mol. The molecular formula is C23H19O2S+. The molecule has 0 aliphatic rings. The van der Waals surface area contributed by atoms with Gasteiger partial charge < -0.3 is 4.74 Å². The van der Waals surface area contributed by atoms with Gasteiger partial charge >= 0.3 is 5.97 Å². The number of benzene rings is 3. The highest BCUT2D eigenvalue weighted by Gasteiger charge is 2.28. The Morgan fingerprint density at radius 2 is 1.31 bits per heavy atom. The number of hydrogen-bond donors (Lipinski definition) is 0. The van der Waals surface area contributed by atoms with Crippen LogP contribution in [0, 0.1) is 12.3 Å². The van der Waals surface area contributed by atoms with Gasteiger partial charge in [0.1, 0.15) is 0 Å². The van der Waals surface area contributed by atoms with Gasteiger partial charge in [-0.2, -0.15) is 0 Å². The average molecular weight is 359 g/mol. The molecule has 2 nitrogen and oxygen atoms in total. The topological polar surface area (TPSA) is 26.3 Å². The van der Waals surface area contributed by atoms with Crippen LogP contribution >= 0.6 is 0 Å². The van der Waals surface area contributed by atoms with Crippen molar-refractivity contribution >= 4 is 16.9 Å². The SMILES string of the molecule is C#CC(C)OC(=O)c1ccc([S+](c2ccccc2)c2ccccc2)cc1. The summed E-state index contributed by atoms with van der Waals surface area (Å²) < 4.78 is 5.18. The lowest BCUT2D eigenvalue weighted by Gasteiger charge is -2.09. The zero-order valence-corrected chi connectivity index (χ0v) is 15.3. The number of carbonyl (C=O) groups is 1. The van der Waals surface area contributed by atoms with Crippen LogP contribution in [0.3, 0.4) is 0 Å². The summed E-state index contributed by atoms with van der Waals surface area (Å²) in [6.07, 6.45) is 4.73. The van der Waals surface area contributed by atoms with E-state index in [0.717, 1.165) is 4.90 Å². The fourth-order valence-corrected chi connectivity index (χ4v) is 4.59. The first-order chi connectivity index (χ1) is 12.7.